The van der Waals surface area contributed by atoms with Crippen LogP contribution in [0.1, 0.15) is 41.4 Å². The van der Waals surface area contributed by atoms with Crippen LogP contribution in [0.15, 0.2) is 45.4 Å². The predicted octanol–water partition coefficient (Wildman–Crippen LogP) is 4.94. The molecule has 2 aromatic heterocycles. The van der Waals surface area contributed by atoms with Crippen LogP contribution in [0.25, 0.3) is 0 Å². The van der Waals surface area contributed by atoms with E-state index in [2.05, 4.69) is 20.0 Å². The van der Waals surface area contributed by atoms with E-state index in [-0.39, 0.29) is 11.8 Å². The van der Waals surface area contributed by atoms with Crippen LogP contribution >= 0.6 is 0 Å². The number of aromatic nitrogens is 2. The van der Waals surface area contributed by atoms with E-state index < -0.39 is 6.36 Å². The number of ether oxygens (including phenoxy) is 1. The fourth-order valence-corrected chi connectivity index (χ4v) is 2.89. The lowest BCUT2D eigenvalue weighted by Crippen LogP contribution is -2.26. The molecule has 0 aliphatic rings. The second-order valence-electron chi connectivity index (χ2n) is 6.56. The van der Waals surface area contributed by atoms with Crippen LogP contribution < -0.4 is 4.74 Å². The van der Waals surface area contributed by atoms with Gasteiger partial charge < -0.3 is 13.8 Å². The van der Waals surface area contributed by atoms with Gasteiger partial charge >= 0.3 is 6.36 Å². The van der Waals surface area contributed by atoms with E-state index in [9.17, 15) is 13.2 Å². The van der Waals surface area contributed by atoms with E-state index in [0.717, 1.165) is 17.0 Å². The van der Waals surface area contributed by atoms with Crippen LogP contribution in [0.2, 0.25) is 0 Å². The molecular weight excluding hydrogens is 375 g/mol. The predicted molar refractivity (Wildman–Crippen MR) is 93.3 cm³/mol. The largest absolute Gasteiger partial charge is 0.573 e. The molecule has 0 aliphatic carbocycles. The Labute approximate surface area is 159 Å². The minimum atomic E-state index is -4.71. The molecule has 2 heterocycles. The Morgan fingerprint density at radius 3 is 1.86 bits per heavy atom. The number of rotatable bonds is 7. The van der Waals surface area contributed by atoms with Crippen molar-refractivity contribution in [2.45, 2.75) is 46.3 Å². The molecule has 0 fully saturated rings. The van der Waals surface area contributed by atoms with E-state index in [4.69, 9.17) is 9.05 Å². The summed E-state index contributed by atoms with van der Waals surface area (Å²) >= 11 is 0. The lowest BCUT2D eigenvalue weighted by molar-refractivity contribution is -0.274. The second kappa shape index (κ2) is 8.05. The third kappa shape index (κ3) is 5.35. The maximum absolute atomic E-state index is 12.4. The molecular formula is C19H20F3N3O3. The molecule has 3 rings (SSSR count). The number of halogens is 3. The highest BCUT2D eigenvalue weighted by Crippen LogP contribution is 2.28. The average Bonchev–Trinajstić information content (AvgIpc) is 3.21. The Kier molecular flexibility index (Phi) is 5.73. The van der Waals surface area contributed by atoms with E-state index in [1.165, 1.54) is 12.1 Å². The van der Waals surface area contributed by atoms with Crippen LogP contribution in [0.4, 0.5) is 13.2 Å². The third-order valence-electron chi connectivity index (χ3n) is 4.23. The van der Waals surface area contributed by atoms with Crippen molar-refractivity contribution >= 4 is 0 Å². The molecule has 28 heavy (non-hydrogen) atoms. The van der Waals surface area contributed by atoms with E-state index >= 15 is 0 Å². The molecule has 1 unspecified atom stereocenters. The Hall–Kier alpha value is -2.81. The molecule has 0 N–H and O–H groups in total. The van der Waals surface area contributed by atoms with Crippen LogP contribution in [-0.2, 0) is 13.1 Å². The lowest BCUT2D eigenvalue weighted by atomic mass is 10.1. The van der Waals surface area contributed by atoms with Crippen molar-refractivity contribution in [2.75, 3.05) is 0 Å². The topological polar surface area (TPSA) is 64.5 Å². The van der Waals surface area contributed by atoms with Crippen LogP contribution in [0.5, 0.6) is 5.75 Å². The summed E-state index contributed by atoms with van der Waals surface area (Å²) < 4.78 is 51.3. The number of aryl methyl sites for hydroxylation is 2. The smallest absolute Gasteiger partial charge is 0.406 e. The van der Waals surface area contributed by atoms with E-state index in [1.807, 2.05) is 32.9 Å². The molecule has 1 aromatic carbocycles. The summed E-state index contributed by atoms with van der Waals surface area (Å²) in [7, 11) is 0. The van der Waals surface area contributed by atoms with Gasteiger partial charge in [-0.05, 0) is 38.5 Å². The van der Waals surface area contributed by atoms with Crippen molar-refractivity contribution in [3.63, 3.8) is 0 Å². The minimum absolute atomic E-state index is 0.131. The second-order valence-corrected chi connectivity index (χ2v) is 6.56. The van der Waals surface area contributed by atoms with Gasteiger partial charge in [-0.3, -0.25) is 4.90 Å². The van der Waals surface area contributed by atoms with Gasteiger partial charge in [-0.1, -0.05) is 22.4 Å². The first-order valence-electron chi connectivity index (χ1n) is 8.64. The van der Waals surface area contributed by atoms with Crippen LogP contribution in [0.3, 0.4) is 0 Å². The molecule has 1 atom stereocenters. The quantitative estimate of drug-likeness (QED) is 0.565. The zero-order chi connectivity index (χ0) is 20.3. The first kappa shape index (κ1) is 19.9. The summed E-state index contributed by atoms with van der Waals surface area (Å²) in [5.41, 5.74) is 2.33. The van der Waals surface area contributed by atoms with Crippen molar-refractivity contribution in [1.29, 1.82) is 0 Å². The normalized spacial score (nSPS) is 13.1. The average molecular weight is 395 g/mol. The summed E-state index contributed by atoms with van der Waals surface area (Å²) in [4.78, 5) is 2.08. The van der Waals surface area contributed by atoms with Crippen molar-refractivity contribution in [1.82, 2.24) is 15.2 Å². The molecule has 9 heteroatoms. The van der Waals surface area contributed by atoms with E-state index in [0.29, 0.717) is 24.6 Å². The minimum Gasteiger partial charge on any atom is -0.406 e. The highest BCUT2D eigenvalue weighted by atomic mass is 19.4. The van der Waals surface area contributed by atoms with Gasteiger partial charge in [0.25, 0.3) is 0 Å². The number of benzene rings is 1. The molecule has 0 saturated heterocycles. The van der Waals surface area contributed by atoms with Gasteiger partial charge in [0, 0.05) is 31.3 Å². The van der Waals surface area contributed by atoms with Gasteiger partial charge in [0.15, 0.2) is 0 Å². The first-order chi connectivity index (χ1) is 13.2. The van der Waals surface area contributed by atoms with Gasteiger partial charge in [0.05, 0.1) is 11.4 Å². The Morgan fingerprint density at radius 2 is 1.46 bits per heavy atom. The maximum atomic E-state index is 12.4. The summed E-state index contributed by atoms with van der Waals surface area (Å²) in [6.07, 6.45) is -4.71. The lowest BCUT2D eigenvalue weighted by Gasteiger charge is -2.28. The molecule has 3 aromatic rings. The summed E-state index contributed by atoms with van der Waals surface area (Å²) in [5.74, 6) is 1.15. The molecule has 0 radical (unpaired) electrons. The SMILES string of the molecule is Cc1cc(CN(Cc2cc(C)on2)C(C)c2ccc(OC(F)(F)F)cc2)no1. The van der Waals surface area contributed by atoms with E-state index in [1.54, 1.807) is 12.1 Å². The van der Waals surface area contributed by atoms with Crippen LogP contribution in [0, 0.1) is 13.8 Å². The highest BCUT2D eigenvalue weighted by molar-refractivity contribution is 5.29. The van der Waals surface area contributed by atoms with Crippen LogP contribution in [-0.4, -0.2) is 21.6 Å². The fourth-order valence-electron chi connectivity index (χ4n) is 2.89. The molecule has 0 saturated carbocycles. The Balaban J connectivity index is 1.79. The summed E-state index contributed by atoms with van der Waals surface area (Å²) in [5, 5.41) is 8.05. The molecule has 150 valence electrons. The Morgan fingerprint density at radius 1 is 0.964 bits per heavy atom. The molecule has 0 amide bonds. The van der Waals surface area contributed by atoms with Gasteiger partial charge in [-0.25, -0.2) is 0 Å². The number of nitrogens with zero attached hydrogens (tertiary/aromatic N) is 3. The zero-order valence-corrected chi connectivity index (χ0v) is 15.7. The molecule has 0 spiro atoms. The van der Waals surface area contributed by atoms with Crippen molar-refractivity contribution in [3.05, 3.63) is 64.9 Å². The third-order valence-corrected chi connectivity index (χ3v) is 4.23. The number of alkyl halides is 3. The van der Waals surface area contributed by atoms with Gasteiger partial charge in [-0.2, -0.15) is 0 Å². The molecule has 0 aliphatic heterocycles. The molecule has 6 nitrogen and oxygen atoms in total. The Bertz CT molecular complexity index is 861. The monoisotopic (exact) mass is 395 g/mol. The standard InChI is InChI=1S/C19H20F3N3O3/c1-12-8-16(23-27-12)10-25(11-17-9-13(2)28-24-17)14(3)15-4-6-18(7-5-15)26-19(20,21)22/h4-9,14H,10-11H2,1-3H3. The maximum Gasteiger partial charge on any atom is 0.573 e. The van der Waals surface area contributed by atoms with Gasteiger partial charge in [-0.15, -0.1) is 13.2 Å². The van der Waals surface area contributed by atoms with Gasteiger partial charge in [0.1, 0.15) is 17.3 Å². The fraction of sp³-hybridized carbons (Fsp3) is 0.368. The molecule has 0 bridgehead atoms. The van der Waals surface area contributed by atoms with Gasteiger partial charge in [0.2, 0.25) is 0 Å². The summed E-state index contributed by atoms with van der Waals surface area (Å²) in [6, 6.07) is 9.38. The zero-order valence-electron chi connectivity index (χ0n) is 15.7. The van der Waals surface area contributed by atoms with Crippen molar-refractivity contribution in [3.8, 4) is 5.75 Å². The van der Waals surface area contributed by atoms with Crippen molar-refractivity contribution in [2.24, 2.45) is 0 Å². The number of hydrogen-bond acceptors (Lipinski definition) is 6. The summed E-state index contributed by atoms with van der Waals surface area (Å²) in [6.45, 7) is 6.53. The first-order valence-corrected chi connectivity index (χ1v) is 8.64. The highest BCUT2D eigenvalue weighted by Gasteiger charge is 2.31. The van der Waals surface area contributed by atoms with Crippen molar-refractivity contribution < 1.29 is 27.0 Å². The number of hydrogen-bond donors (Lipinski definition) is 0.